The molecule has 3 heterocycles. The Morgan fingerprint density at radius 3 is 2.66 bits per heavy atom. The van der Waals surface area contributed by atoms with E-state index < -0.39 is 10.0 Å². The summed E-state index contributed by atoms with van der Waals surface area (Å²) < 4.78 is 34.2. The van der Waals surface area contributed by atoms with E-state index in [1.54, 1.807) is 18.3 Å². The fraction of sp³-hybridized carbons (Fsp3) is 0.360. The Bertz CT molecular complexity index is 1320. The van der Waals surface area contributed by atoms with E-state index in [0.29, 0.717) is 22.6 Å². The molecule has 2 atom stereocenters. The van der Waals surface area contributed by atoms with Gasteiger partial charge in [0.05, 0.1) is 36.8 Å². The average Bonchev–Trinajstić information content (AvgIpc) is 3.58. The van der Waals surface area contributed by atoms with Crippen LogP contribution in [0.15, 0.2) is 61.1 Å². The minimum Gasteiger partial charge on any atom is -0.495 e. The van der Waals surface area contributed by atoms with Gasteiger partial charge in [-0.05, 0) is 67.0 Å². The highest BCUT2D eigenvalue weighted by Gasteiger charge is 2.41. The minimum absolute atomic E-state index is 0.167. The van der Waals surface area contributed by atoms with Gasteiger partial charge in [-0.15, -0.1) is 0 Å². The lowest BCUT2D eigenvalue weighted by Crippen LogP contribution is -2.29. The molecule has 1 saturated carbocycles. The maximum atomic E-state index is 12.0. The summed E-state index contributed by atoms with van der Waals surface area (Å²) in [4.78, 5) is 6.65. The number of nitrogens with zero attached hydrogens (tertiary/aromatic N) is 3. The van der Waals surface area contributed by atoms with E-state index in [4.69, 9.17) is 17.0 Å². The fourth-order valence-corrected chi connectivity index (χ4v) is 6.04. The largest absolute Gasteiger partial charge is 0.495 e. The van der Waals surface area contributed by atoms with Gasteiger partial charge in [0, 0.05) is 30.3 Å². The summed E-state index contributed by atoms with van der Waals surface area (Å²) in [5.74, 6) is 0.433. The Balaban J connectivity index is 1.58. The second-order valence-electron chi connectivity index (χ2n) is 9.09. The summed E-state index contributed by atoms with van der Waals surface area (Å²) in [6, 6.07) is 13.6. The van der Waals surface area contributed by atoms with E-state index in [1.165, 1.54) is 32.8 Å². The number of methoxy groups -OCH3 is 1. The van der Waals surface area contributed by atoms with Gasteiger partial charge in [-0.25, -0.2) is 8.42 Å². The molecule has 0 bridgehead atoms. The molecular weight excluding hydrogens is 482 g/mol. The third-order valence-corrected chi connectivity index (χ3v) is 7.59. The Hall–Kier alpha value is -3.11. The van der Waals surface area contributed by atoms with E-state index in [2.05, 4.69) is 38.1 Å². The topological polar surface area (TPSA) is 88.5 Å². The number of hydrogen-bond acceptors (Lipinski definition) is 5. The van der Waals surface area contributed by atoms with Gasteiger partial charge in [0.1, 0.15) is 5.75 Å². The summed E-state index contributed by atoms with van der Waals surface area (Å²) in [5, 5.41) is 4.01. The Morgan fingerprint density at radius 1 is 1.17 bits per heavy atom. The number of ether oxygens (including phenoxy) is 1. The van der Waals surface area contributed by atoms with Crippen molar-refractivity contribution in [3.05, 3.63) is 72.3 Å². The van der Waals surface area contributed by atoms with Crippen molar-refractivity contribution in [1.29, 1.82) is 0 Å². The highest BCUT2D eigenvalue weighted by molar-refractivity contribution is 7.92. The van der Waals surface area contributed by atoms with Gasteiger partial charge in [0.2, 0.25) is 10.0 Å². The summed E-state index contributed by atoms with van der Waals surface area (Å²) in [6.45, 7) is 0. The van der Waals surface area contributed by atoms with Crippen LogP contribution in [0, 0.1) is 0 Å². The van der Waals surface area contributed by atoms with Crippen LogP contribution in [0.4, 0.5) is 11.4 Å². The summed E-state index contributed by atoms with van der Waals surface area (Å²) in [7, 11) is -1.99. The van der Waals surface area contributed by atoms with E-state index in [-0.39, 0.29) is 12.1 Å². The van der Waals surface area contributed by atoms with Crippen molar-refractivity contribution in [2.45, 2.75) is 43.8 Å². The SMILES string of the molecule is COc1ccc(N2C(=S)N[C@@H](c3ccccn3)[C@@H]2c2ccn(C3CCCC3)c2)cc1NS(C)(=O)=O. The maximum absolute atomic E-state index is 12.0. The molecule has 2 aromatic heterocycles. The van der Waals surface area contributed by atoms with Crippen molar-refractivity contribution in [3.8, 4) is 5.75 Å². The Kier molecular flexibility index (Phi) is 6.41. The molecule has 0 unspecified atom stereocenters. The Morgan fingerprint density at radius 2 is 1.97 bits per heavy atom. The molecule has 0 radical (unpaired) electrons. The summed E-state index contributed by atoms with van der Waals surface area (Å²) in [5.41, 5.74) is 3.12. The number of anilines is 2. The Labute approximate surface area is 211 Å². The lowest BCUT2D eigenvalue weighted by molar-refractivity contribution is 0.417. The first kappa shape index (κ1) is 23.6. The van der Waals surface area contributed by atoms with Gasteiger partial charge in [0.15, 0.2) is 5.11 Å². The molecule has 35 heavy (non-hydrogen) atoms. The monoisotopic (exact) mass is 511 g/mol. The number of aromatic nitrogens is 2. The number of thiocarbonyl (C=S) groups is 1. The van der Waals surface area contributed by atoms with E-state index in [9.17, 15) is 8.42 Å². The van der Waals surface area contributed by atoms with Gasteiger partial charge >= 0.3 is 0 Å². The third-order valence-electron chi connectivity index (χ3n) is 6.68. The number of hydrogen-bond donors (Lipinski definition) is 2. The number of benzene rings is 1. The zero-order valence-electron chi connectivity index (χ0n) is 19.7. The molecular formula is C25H29N5O3S2. The first-order chi connectivity index (χ1) is 16.8. The van der Waals surface area contributed by atoms with E-state index in [0.717, 1.165) is 23.2 Å². The predicted molar refractivity (Wildman–Crippen MR) is 141 cm³/mol. The minimum atomic E-state index is -3.50. The molecule has 1 aliphatic heterocycles. The lowest BCUT2D eigenvalue weighted by Gasteiger charge is -2.28. The van der Waals surface area contributed by atoms with E-state index in [1.807, 2.05) is 29.2 Å². The first-order valence-corrected chi connectivity index (χ1v) is 14.0. The molecule has 2 N–H and O–H groups in total. The molecule has 1 aromatic carbocycles. The van der Waals surface area contributed by atoms with Crippen LogP contribution in [-0.4, -0.2) is 36.4 Å². The van der Waals surface area contributed by atoms with Crippen LogP contribution in [0.3, 0.4) is 0 Å². The van der Waals surface area contributed by atoms with Crippen LogP contribution < -0.4 is 19.7 Å². The number of sulfonamides is 1. The summed E-state index contributed by atoms with van der Waals surface area (Å²) >= 11 is 5.82. The van der Waals surface area contributed by atoms with Crippen molar-refractivity contribution >= 4 is 38.7 Å². The van der Waals surface area contributed by atoms with Gasteiger partial charge in [-0.3, -0.25) is 9.71 Å². The molecule has 2 aliphatic rings. The van der Waals surface area contributed by atoms with Gasteiger partial charge in [-0.1, -0.05) is 18.9 Å². The second kappa shape index (κ2) is 9.50. The number of rotatable bonds is 7. The van der Waals surface area contributed by atoms with Crippen LogP contribution in [0.2, 0.25) is 0 Å². The van der Waals surface area contributed by atoms with Crippen molar-refractivity contribution in [2.75, 3.05) is 23.0 Å². The summed E-state index contributed by atoms with van der Waals surface area (Å²) in [6.07, 6.45) is 12.2. The molecule has 184 valence electrons. The van der Waals surface area contributed by atoms with E-state index >= 15 is 0 Å². The average molecular weight is 512 g/mol. The van der Waals surface area contributed by atoms with Crippen LogP contribution in [0.1, 0.15) is 55.1 Å². The molecule has 0 amide bonds. The quantitative estimate of drug-likeness (QED) is 0.450. The van der Waals surface area contributed by atoms with Crippen LogP contribution in [-0.2, 0) is 10.0 Å². The first-order valence-electron chi connectivity index (χ1n) is 11.7. The predicted octanol–water partition coefficient (Wildman–Crippen LogP) is 4.56. The molecule has 1 aliphatic carbocycles. The molecule has 10 heteroatoms. The molecule has 1 saturated heterocycles. The van der Waals surface area contributed by atoms with Gasteiger partial charge in [0.25, 0.3) is 0 Å². The van der Waals surface area contributed by atoms with Gasteiger partial charge in [-0.2, -0.15) is 0 Å². The second-order valence-corrected chi connectivity index (χ2v) is 11.2. The highest BCUT2D eigenvalue weighted by atomic mass is 32.2. The van der Waals surface area contributed by atoms with Crippen molar-refractivity contribution in [2.24, 2.45) is 0 Å². The zero-order valence-corrected chi connectivity index (χ0v) is 21.3. The lowest BCUT2D eigenvalue weighted by atomic mass is 9.98. The molecule has 8 nitrogen and oxygen atoms in total. The fourth-order valence-electron chi connectivity index (χ4n) is 5.13. The molecule has 5 rings (SSSR count). The van der Waals surface area contributed by atoms with Crippen molar-refractivity contribution in [3.63, 3.8) is 0 Å². The highest BCUT2D eigenvalue weighted by Crippen LogP contribution is 2.44. The molecule has 0 spiro atoms. The smallest absolute Gasteiger partial charge is 0.229 e. The van der Waals surface area contributed by atoms with Gasteiger partial charge < -0.3 is 19.5 Å². The van der Waals surface area contributed by atoms with Crippen LogP contribution in [0.5, 0.6) is 5.75 Å². The maximum Gasteiger partial charge on any atom is 0.229 e. The number of pyridine rings is 1. The zero-order chi connectivity index (χ0) is 24.6. The van der Waals surface area contributed by atoms with Crippen LogP contribution >= 0.6 is 12.2 Å². The standard InChI is InChI=1S/C25H29N5O3S2/c1-33-22-11-10-19(15-21(22)28-35(2,31)32)30-24(17-12-14-29(16-17)18-7-3-4-8-18)23(27-25(30)34)20-9-5-6-13-26-20/h5-6,9-16,18,23-24,28H,3-4,7-8H2,1-2H3,(H,27,34)/t23-,24-/m0/s1. The van der Waals surface area contributed by atoms with Crippen LogP contribution in [0.25, 0.3) is 0 Å². The normalized spacial score (nSPS) is 20.7. The third kappa shape index (κ3) is 4.85. The molecule has 2 fully saturated rings. The number of nitrogens with one attached hydrogen (secondary N) is 2. The van der Waals surface area contributed by atoms with Crippen molar-refractivity contribution in [1.82, 2.24) is 14.9 Å². The molecule has 3 aromatic rings. The van der Waals surface area contributed by atoms with Crippen molar-refractivity contribution < 1.29 is 13.2 Å².